The van der Waals surface area contributed by atoms with Crippen molar-refractivity contribution in [3.63, 3.8) is 0 Å². The molecule has 2 aliphatic heterocycles. The molecular formula is C22H31N3O4S. The lowest BCUT2D eigenvalue weighted by Gasteiger charge is -2.31. The number of carbonyl (C=O) groups is 2. The van der Waals surface area contributed by atoms with Crippen molar-refractivity contribution in [2.24, 2.45) is 5.92 Å². The number of piperidine rings is 1. The number of sulfonamides is 1. The summed E-state index contributed by atoms with van der Waals surface area (Å²) in [6.07, 6.45) is 6.78. The van der Waals surface area contributed by atoms with Crippen LogP contribution in [-0.4, -0.2) is 50.2 Å². The molecule has 0 aromatic heterocycles. The fourth-order valence-electron chi connectivity index (χ4n) is 4.73. The van der Waals surface area contributed by atoms with Crippen LogP contribution in [0.4, 0.5) is 5.69 Å². The highest BCUT2D eigenvalue weighted by Crippen LogP contribution is 2.32. The monoisotopic (exact) mass is 433 g/mol. The van der Waals surface area contributed by atoms with Crippen LogP contribution in [0.25, 0.3) is 0 Å². The van der Waals surface area contributed by atoms with E-state index in [1.807, 2.05) is 0 Å². The topological polar surface area (TPSA) is 86.8 Å². The van der Waals surface area contributed by atoms with Crippen molar-refractivity contribution in [2.45, 2.75) is 69.2 Å². The summed E-state index contributed by atoms with van der Waals surface area (Å²) in [5, 5.41) is 3.02. The first-order valence-electron chi connectivity index (χ1n) is 11.1. The normalized spacial score (nSPS) is 21.6. The van der Waals surface area contributed by atoms with Crippen LogP contribution in [0.3, 0.4) is 0 Å². The summed E-state index contributed by atoms with van der Waals surface area (Å²) in [7, 11) is -3.54. The van der Waals surface area contributed by atoms with E-state index >= 15 is 0 Å². The van der Waals surface area contributed by atoms with Crippen LogP contribution < -0.4 is 10.2 Å². The third kappa shape index (κ3) is 4.39. The number of nitrogens with one attached hydrogen (secondary N) is 1. The lowest BCUT2D eigenvalue weighted by atomic mass is 10.0. The first kappa shape index (κ1) is 21.3. The summed E-state index contributed by atoms with van der Waals surface area (Å²) in [6.45, 7) is 3.23. The fourth-order valence-corrected chi connectivity index (χ4v) is 6.25. The van der Waals surface area contributed by atoms with Crippen molar-refractivity contribution in [3.05, 3.63) is 23.8 Å². The van der Waals surface area contributed by atoms with Crippen LogP contribution in [0.2, 0.25) is 0 Å². The average molecular weight is 434 g/mol. The maximum Gasteiger partial charge on any atom is 0.243 e. The van der Waals surface area contributed by atoms with Gasteiger partial charge in [-0.1, -0.05) is 19.8 Å². The first-order valence-corrected chi connectivity index (χ1v) is 12.5. The van der Waals surface area contributed by atoms with Crippen LogP contribution in [0.5, 0.6) is 0 Å². The number of fused-ring (bicyclic) bond motifs is 1. The third-order valence-corrected chi connectivity index (χ3v) is 8.55. The fraction of sp³-hybridized carbons (Fsp3) is 0.636. The van der Waals surface area contributed by atoms with Gasteiger partial charge in [0, 0.05) is 31.2 Å². The SMILES string of the molecule is CC1CCN(S(=O)(=O)c2ccc3c(c2)CCC(=O)N3CC(=O)NC2CCCC2)CC1. The quantitative estimate of drug-likeness (QED) is 0.773. The van der Waals surface area contributed by atoms with E-state index in [0.29, 0.717) is 31.1 Å². The lowest BCUT2D eigenvalue weighted by molar-refractivity contribution is -0.124. The summed E-state index contributed by atoms with van der Waals surface area (Å²) < 4.78 is 27.7. The van der Waals surface area contributed by atoms with Crippen LogP contribution in [-0.2, 0) is 26.0 Å². The number of amides is 2. The van der Waals surface area contributed by atoms with E-state index < -0.39 is 10.0 Å². The van der Waals surface area contributed by atoms with Gasteiger partial charge in [0.15, 0.2) is 0 Å². The summed E-state index contributed by atoms with van der Waals surface area (Å²) in [5.41, 5.74) is 1.47. The Bertz CT molecular complexity index is 916. The van der Waals surface area contributed by atoms with E-state index in [1.54, 1.807) is 22.5 Å². The Morgan fingerprint density at radius 3 is 2.50 bits per heavy atom. The van der Waals surface area contributed by atoms with Gasteiger partial charge in [-0.15, -0.1) is 0 Å². The molecule has 1 saturated carbocycles. The maximum absolute atomic E-state index is 13.1. The highest BCUT2D eigenvalue weighted by atomic mass is 32.2. The van der Waals surface area contributed by atoms with E-state index in [4.69, 9.17) is 0 Å². The molecule has 4 rings (SSSR count). The summed E-state index contributed by atoms with van der Waals surface area (Å²) in [4.78, 5) is 26.8. The molecule has 30 heavy (non-hydrogen) atoms. The third-order valence-electron chi connectivity index (χ3n) is 6.65. The number of benzene rings is 1. The van der Waals surface area contributed by atoms with Gasteiger partial charge in [-0.3, -0.25) is 9.59 Å². The Morgan fingerprint density at radius 2 is 1.80 bits per heavy atom. The zero-order valence-electron chi connectivity index (χ0n) is 17.6. The maximum atomic E-state index is 13.1. The molecule has 1 aromatic carbocycles. The molecule has 3 aliphatic rings. The highest BCUT2D eigenvalue weighted by Gasteiger charge is 2.31. The molecular weight excluding hydrogens is 402 g/mol. The van der Waals surface area contributed by atoms with Crippen molar-refractivity contribution in [1.29, 1.82) is 0 Å². The Balaban J connectivity index is 1.51. The molecule has 1 aliphatic carbocycles. The van der Waals surface area contributed by atoms with E-state index in [9.17, 15) is 18.0 Å². The minimum absolute atomic E-state index is 0.0154. The molecule has 2 heterocycles. The second-order valence-corrected chi connectivity index (χ2v) is 10.8. The number of nitrogens with zero attached hydrogens (tertiary/aromatic N) is 2. The van der Waals surface area contributed by atoms with Crippen LogP contribution >= 0.6 is 0 Å². The number of hydrogen-bond acceptors (Lipinski definition) is 4. The minimum Gasteiger partial charge on any atom is -0.352 e. The van der Waals surface area contributed by atoms with Crippen LogP contribution in [0, 0.1) is 5.92 Å². The van der Waals surface area contributed by atoms with Crippen molar-refractivity contribution >= 4 is 27.5 Å². The van der Waals surface area contributed by atoms with Gasteiger partial charge in [0.2, 0.25) is 21.8 Å². The van der Waals surface area contributed by atoms with Gasteiger partial charge < -0.3 is 10.2 Å². The van der Waals surface area contributed by atoms with E-state index in [0.717, 1.165) is 44.1 Å². The Kier molecular flexibility index (Phi) is 6.16. The van der Waals surface area contributed by atoms with Gasteiger partial charge in [-0.25, -0.2) is 8.42 Å². The van der Waals surface area contributed by atoms with Crippen LogP contribution in [0.1, 0.15) is 57.4 Å². The number of rotatable bonds is 5. The van der Waals surface area contributed by atoms with Crippen molar-refractivity contribution in [3.8, 4) is 0 Å². The summed E-state index contributed by atoms with van der Waals surface area (Å²) in [5.74, 6) is 0.307. The molecule has 1 N–H and O–H groups in total. The predicted octanol–water partition coefficient (Wildman–Crippen LogP) is 2.45. The minimum atomic E-state index is -3.54. The van der Waals surface area contributed by atoms with Gasteiger partial charge >= 0.3 is 0 Å². The molecule has 164 valence electrons. The van der Waals surface area contributed by atoms with Gasteiger partial charge in [-0.05, 0) is 61.8 Å². The van der Waals surface area contributed by atoms with Gasteiger partial charge in [0.1, 0.15) is 6.54 Å². The van der Waals surface area contributed by atoms with E-state index in [1.165, 1.54) is 4.90 Å². The molecule has 2 fully saturated rings. The largest absolute Gasteiger partial charge is 0.352 e. The first-order chi connectivity index (χ1) is 14.3. The number of hydrogen-bond donors (Lipinski definition) is 1. The molecule has 0 unspecified atom stereocenters. The number of anilines is 1. The predicted molar refractivity (Wildman–Crippen MR) is 115 cm³/mol. The molecule has 7 nitrogen and oxygen atoms in total. The van der Waals surface area contributed by atoms with Gasteiger partial charge in [0.25, 0.3) is 0 Å². The van der Waals surface area contributed by atoms with E-state index in [-0.39, 0.29) is 35.7 Å². The summed E-state index contributed by atoms with van der Waals surface area (Å²) >= 11 is 0. The number of carbonyl (C=O) groups excluding carboxylic acids is 2. The molecule has 0 radical (unpaired) electrons. The van der Waals surface area contributed by atoms with Crippen LogP contribution in [0.15, 0.2) is 23.1 Å². The molecule has 0 spiro atoms. The Labute approximate surface area is 178 Å². The van der Waals surface area contributed by atoms with Crippen molar-refractivity contribution < 1.29 is 18.0 Å². The summed E-state index contributed by atoms with van der Waals surface area (Å²) in [6, 6.07) is 5.16. The zero-order chi connectivity index (χ0) is 21.3. The Morgan fingerprint density at radius 1 is 1.10 bits per heavy atom. The van der Waals surface area contributed by atoms with Gasteiger partial charge in [0.05, 0.1) is 4.90 Å². The molecule has 1 aromatic rings. The Hall–Kier alpha value is -1.93. The van der Waals surface area contributed by atoms with Crippen molar-refractivity contribution in [1.82, 2.24) is 9.62 Å². The zero-order valence-corrected chi connectivity index (χ0v) is 18.4. The molecule has 0 atom stereocenters. The molecule has 0 bridgehead atoms. The number of aryl methyl sites for hydroxylation is 1. The lowest BCUT2D eigenvalue weighted by Crippen LogP contribution is -2.45. The molecule has 8 heteroatoms. The molecule has 2 amide bonds. The standard InChI is InChI=1S/C22H31N3O4S/c1-16-10-12-24(13-11-16)30(28,29)19-7-8-20-17(14-19)6-9-22(27)25(20)15-21(26)23-18-4-2-3-5-18/h7-8,14,16,18H,2-6,9-13,15H2,1H3,(H,23,26). The second kappa shape index (κ2) is 8.67. The highest BCUT2D eigenvalue weighted by molar-refractivity contribution is 7.89. The van der Waals surface area contributed by atoms with E-state index in [2.05, 4.69) is 12.2 Å². The van der Waals surface area contributed by atoms with Crippen molar-refractivity contribution in [2.75, 3.05) is 24.5 Å². The van der Waals surface area contributed by atoms with Gasteiger partial charge in [-0.2, -0.15) is 4.31 Å². The average Bonchev–Trinajstić information content (AvgIpc) is 3.23. The smallest absolute Gasteiger partial charge is 0.243 e. The second-order valence-electron chi connectivity index (χ2n) is 8.91. The molecule has 1 saturated heterocycles.